The van der Waals surface area contributed by atoms with Crippen LogP contribution in [0.15, 0.2) is 138 Å². The van der Waals surface area contributed by atoms with Crippen LogP contribution in [0, 0.1) is 0 Å². The second kappa shape index (κ2) is 8.44. The zero-order valence-electron chi connectivity index (χ0n) is 18.3. The van der Waals surface area contributed by atoms with Crippen molar-refractivity contribution in [3.05, 3.63) is 156 Å². The van der Waals surface area contributed by atoms with E-state index in [0.29, 0.717) is 0 Å². The van der Waals surface area contributed by atoms with Crippen LogP contribution in [0.2, 0.25) is 0 Å². The summed E-state index contributed by atoms with van der Waals surface area (Å²) in [4.78, 5) is 0. The molecule has 1 aliphatic carbocycles. The van der Waals surface area contributed by atoms with E-state index in [1.165, 1.54) is 22.3 Å². The third-order valence-corrected chi connectivity index (χ3v) is 6.49. The lowest BCUT2D eigenvalue weighted by molar-refractivity contribution is 0.592. The van der Waals surface area contributed by atoms with E-state index >= 15 is 0 Å². The lowest BCUT2D eigenvalue weighted by Gasteiger charge is -2.26. The van der Waals surface area contributed by atoms with Crippen LogP contribution >= 0.6 is 0 Å². The van der Waals surface area contributed by atoms with Crippen LogP contribution in [0.25, 0.3) is 22.6 Å². The molecule has 0 aliphatic heterocycles. The van der Waals surface area contributed by atoms with Gasteiger partial charge < -0.3 is 4.42 Å². The van der Waals surface area contributed by atoms with E-state index < -0.39 is 0 Å². The maximum Gasteiger partial charge on any atom is 0.139 e. The highest BCUT2D eigenvalue weighted by molar-refractivity contribution is 5.77. The van der Waals surface area contributed by atoms with Gasteiger partial charge in [0.25, 0.3) is 0 Å². The Hall–Kier alpha value is -4.10. The molecule has 0 N–H and O–H groups in total. The Morgan fingerprint density at radius 1 is 0.394 bits per heavy atom. The Kier molecular flexibility index (Phi) is 5.01. The molecule has 0 bridgehead atoms. The van der Waals surface area contributed by atoms with Gasteiger partial charge in [-0.25, -0.2) is 0 Å². The molecule has 0 fully saturated rings. The summed E-state index contributed by atoms with van der Waals surface area (Å²) in [5, 5.41) is 0. The molecule has 4 aromatic carbocycles. The van der Waals surface area contributed by atoms with Gasteiger partial charge in [0, 0.05) is 34.1 Å². The van der Waals surface area contributed by atoms with E-state index in [9.17, 15) is 0 Å². The second-order valence-electron chi connectivity index (χ2n) is 8.48. The number of benzene rings is 4. The molecule has 0 unspecified atom stereocenters. The fourth-order valence-electron chi connectivity index (χ4n) is 4.97. The summed E-state index contributed by atoms with van der Waals surface area (Å²) in [5.41, 5.74) is 7.31. The SMILES string of the molecule is C1=C[C@@H](c2ccccc2)c2c(-c3ccccc3)oc(-c3ccccc3)c2[C@H]1c1ccccc1. The third-order valence-electron chi connectivity index (χ3n) is 6.49. The first kappa shape index (κ1) is 19.6. The molecule has 0 amide bonds. The molecule has 33 heavy (non-hydrogen) atoms. The lowest BCUT2D eigenvalue weighted by atomic mass is 9.75. The van der Waals surface area contributed by atoms with Crippen molar-refractivity contribution in [2.45, 2.75) is 11.8 Å². The molecule has 1 aromatic heterocycles. The third kappa shape index (κ3) is 3.52. The van der Waals surface area contributed by atoms with Gasteiger partial charge in [-0.2, -0.15) is 0 Å². The Bertz CT molecular complexity index is 1270. The first-order chi connectivity index (χ1) is 16.4. The summed E-state index contributed by atoms with van der Waals surface area (Å²) in [6.07, 6.45) is 4.71. The van der Waals surface area contributed by atoms with Crippen molar-refractivity contribution in [3.63, 3.8) is 0 Å². The molecule has 1 heteroatoms. The average Bonchev–Trinajstić information content (AvgIpc) is 3.31. The van der Waals surface area contributed by atoms with E-state index in [-0.39, 0.29) is 11.8 Å². The number of hydrogen-bond donors (Lipinski definition) is 0. The topological polar surface area (TPSA) is 13.1 Å². The van der Waals surface area contributed by atoms with Crippen LogP contribution in [0.4, 0.5) is 0 Å². The quantitative estimate of drug-likeness (QED) is 0.264. The Balaban J connectivity index is 1.67. The molecular weight excluding hydrogens is 400 g/mol. The van der Waals surface area contributed by atoms with E-state index in [1.807, 2.05) is 0 Å². The van der Waals surface area contributed by atoms with Gasteiger partial charge in [-0.3, -0.25) is 0 Å². The van der Waals surface area contributed by atoms with Gasteiger partial charge >= 0.3 is 0 Å². The number of furan rings is 1. The number of fused-ring (bicyclic) bond motifs is 1. The van der Waals surface area contributed by atoms with Crippen molar-refractivity contribution in [2.24, 2.45) is 0 Å². The second-order valence-corrected chi connectivity index (χ2v) is 8.48. The molecule has 2 atom stereocenters. The Morgan fingerprint density at radius 2 is 0.727 bits per heavy atom. The number of hydrogen-bond acceptors (Lipinski definition) is 1. The first-order valence-corrected chi connectivity index (χ1v) is 11.5. The van der Waals surface area contributed by atoms with Crippen LogP contribution in [0.5, 0.6) is 0 Å². The minimum absolute atomic E-state index is 0.137. The Labute approximate surface area is 194 Å². The number of allylic oxidation sites excluding steroid dienone is 2. The zero-order valence-corrected chi connectivity index (χ0v) is 18.3. The minimum atomic E-state index is 0.137. The van der Waals surface area contributed by atoms with E-state index in [1.54, 1.807) is 0 Å². The predicted molar refractivity (Wildman–Crippen MR) is 135 cm³/mol. The van der Waals surface area contributed by atoms with Crippen molar-refractivity contribution < 1.29 is 4.42 Å². The van der Waals surface area contributed by atoms with Crippen LogP contribution in [0.1, 0.15) is 34.1 Å². The molecule has 0 saturated carbocycles. The normalized spacial score (nSPS) is 17.0. The maximum atomic E-state index is 6.80. The molecule has 1 aliphatic rings. The molecular formula is C32H24O. The van der Waals surface area contributed by atoms with Crippen molar-refractivity contribution in [1.82, 2.24) is 0 Å². The molecule has 0 saturated heterocycles. The highest BCUT2D eigenvalue weighted by Gasteiger charge is 2.34. The molecule has 5 aromatic rings. The Morgan fingerprint density at radius 3 is 1.09 bits per heavy atom. The van der Waals surface area contributed by atoms with Gasteiger partial charge in [-0.1, -0.05) is 133 Å². The van der Waals surface area contributed by atoms with Crippen LogP contribution < -0.4 is 0 Å². The minimum Gasteiger partial charge on any atom is -0.455 e. The van der Waals surface area contributed by atoms with Crippen molar-refractivity contribution in [3.8, 4) is 22.6 Å². The smallest absolute Gasteiger partial charge is 0.139 e. The molecule has 0 radical (unpaired) electrons. The first-order valence-electron chi connectivity index (χ1n) is 11.5. The maximum absolute atomic E-state index is 6.80. The molecule has 1 heterocycles. The van der Waals surface area contributed by atoms with Crippen LogP contribution in [0.3, 0.4) is 0 Å². The summed E-state index contributed by atoms with van der Waals surface area (Å²) < 4.78 is 6.80. The fraction of sp³-hybridized carbons (Fsp3) is 0.0625. The van der Waals surface area contributed by atoms with Gasteiger partial charge in [-0.15, -0.1) is 0 Å². The van der Waals surface area contributed by atoms with E-state index in [0.717, 1.165) is 22.6 Å². The van der Waals surface area contributed by atoms with Gasteiger partial charge in [0.1, 0.15) is 11.5 Å². The molecule has 158 valence electrons. The van der Waals surface area contributed by atoms with Gasteiger partial charge in [0.05, 0.1) is 0 Å². The lowest BCUT2D eigenvalue weighted by Crippen LogP contribution is -2.11. The van der Waals surface area contributed by atoms with E-state index in [2.05, 4.69) is 133 Å². The highest BCUT2D eigenvalue weighted by atomic mass is 16.3. The molecule has 1 nitrogen and oxygen atoms in total. The van der Waals surface area contributed by atoms with E-state index in [4.69, 9.17) is 4.42 Å². The summed E-state index contributed by atoms with van der Waals surface area (Å²) in [5.74, 6) is 2.20. The number of rotatable bonds is 4. The van der Waals surface area contributed by atoms with Crippen LogP contribution in [-0.4, -0.2) is 0 Å². The molecule has 6 rings (SSSR count). The van der Waals surface area contributed by atoms with Gasteiger partial charge in [-0.05, 0) is 11.1 Å². The highest BCUT2D eigenvalue weighted by Crippen LogP contribution is 2.50. The summed E-state index contributed by atoms with van der Waals surface area (Å²) >= 11 is 0. The van der Waals surface area contributed by atoms with Gasteiger partial charge in [0.15, 0.2) is 0 Å². The summed E-state index contributed by atoms with van der Waals surface area (Å²) in [7, 11) is 0. The van der Waals surface area contributed by atoms with Gasteiger partial charge in [0.2, 0.25) is 0 Å². The zero-order chi connectivity index (χ0) is 22.0. The largest absolute Gasteiger partial charge is 0.455 e. The summed E-state index contributed by atoms with van der Waals surface area (Å²) in [6, 6.07) is 42.5. The molecule has 0 spiro atoms. The van der Waals surface area contributed by atoms with Crippen molar-refractivity contribution in [2.75, 3.05) is 0 Å². The fourth-order valence-corrected chi connectivity index (χ4v) is 4.97. The summed E-state index contributed by atoms with van der Waals surface area (Å²) in [6.45, 7) is 0. The predicted octanol–water partition coefficient (Wildman–Crippen LogP) is 8.45. The standard InChI is InChI=1S/C32H24O/c1-5-13-23(14-6-1)27-21-22-28(24-15-7-2-8-16-24)30-29(27)31(25-17-9-3-10-18-25)33-32(30)26-19-11-4-12-20-26/h1-22,27-28H/t27-,28+. The average molecular weight is 425 g/mol. The van der Waals surface area contributed by atoms with Crippen LogP contribution in [-0.2, 0) is 0 Å². The van der Waals surface area contributed by atoms with Crippen molar-refractivity contribution >= 4 is 0 Å². The monoisotopic (exact) mass is 424 g/mol. The van der Waals surface area contributed by atoms with Crippen molar-refractivity contribution in [1.29, 1.82) is 0 Å².